The van der Waals surface area contributed by atoms with Crippen LogP contribution >= 0.6 is 0 Å². The second kappa shape index (κ2) is 4.73. The van der Waals surface area contributed by atoms with Crippen molar-refractivity contribution in [1.82, 2.24) is 5.32 Å². The van der Waals surface area contributed by atoms with Crippen molar-refractivity contribution < 1.29 is 0 Å². The van der Waals surface area contributed by atoms with Crippen molar-refractivity contribution in [2.45, 2.75) is 19.4 Å². The smallest absolute Gasteiger partial charge is 0.0541 e. The molecular formula is C16H18N2. The first-order valence-electron chi connectivity index (χ1n) is 6.54. The number of benzene rings is 1. The lowest BCUT2D eigenvalue weighted by Gasteiger charge is -2.20. The molecule has 1 aromatic carbocycles. The maximum atomic E-state index is 3.48. The van der Waals surface area contributed by atoms with Crippen LogP contribution in [0.15, 0.2) is 60.5 Å². The zero-order chi connectivity index (χ0) is 12.4. The standard InChI is InChI=1S/C16H18N2/c1-2-12-4-3-5-14(10-12)18-15-6-7-16-13(11-15)8-9-17-16/h3-11,13,16-18H,2H2,1H3. The summed E-state index contributed by atoms with van der Waals surface area (Å²) >= 11 is 0. The highest BCUT2D eigenvalue weighted by molar-refractivity contribution is 5.53. The molecule has 0 saturated carbocycles. The molecular weight excluding hydrogens is 220 g/mol. The summed E-state index contributed by atoms with van der Waals surface area (Å²) in [7, 11) is 0. The summed E-state index contributed by atoms with van der Waals surface area (Å²) in [6.45, 7) is 2.18. The Balaban J connectivity index is 1.76. The van der Waals surface area contributed by atoms with E-state index in [0.29, 0.717) is 12.0 Å². The molecule has 1 heterocycles. The molecule has 1 aliphatic carbocycles. The third-order valence-corrected chi connectivity index (χ3v) is 3.50. The molecule has 2 nitrogen and oxygen atoms in total. The van der Waals surface area contributed by atoms with Gasteiger partial charge in [0.25, 0.3) is 0 Å². The fraction of sp³-hybridized carbons (Fsp3) is 0.250. The Bertz CT molecular complexity index is 526. The quantitative estimate of drug-likeness (QED) is 0.845. The topological polar surface area (TPSA) is 24.1 Å². The van der Waals surface area contributed by atoms with Crippen LogP contribution in [0.2, 0.25) is 0 Å². The summed E-state index contributed by atoms with van der Waals surface area (Å²) in [6, 6.07) is 9.04. The van der Waals surface area contributed by atoms with Gasteiger partial charge in [0.05, 0.1) is 6.04 Å². The summed E-state index contributed by atoms with van der Waals surface area (Å²) in [4.78, 5) is 0. The van der Waals surface area contributed by atoms with Crippen molar-refractivity contribution in [3.63, 3.8) is 0 Å². The van der Waals surface area contributed by atoms with Crippen LogP contribution in [0.5, 0.6) is 0 Å². The highest BCUT2D eigenvalue weighted by atomic mass is 14.9. The second-order valence-corrected chi connectivity index (χ2v) is 4.79. The summed E-state index contributed by atoms with van der Waals surface area (Å²) in [6.07, 6.45) is 12.0. The Morgan fingerprint density at radius 2 is 2.22 bits per heavy atom. The van der Waals surface area contributed by atoms with Gasteiger partial charge in [-0.3, -0.25) is 0 Å². The largest absolute Gasteiger partial charge is 0.384 e. The molecule has 2 atom stereocenters. The molecule has 0 radical (unpaired) electrons. The van der Waals surface area contributed by atoms with Crippen LogP contribution in [-0.4, -0.2) is 6.04 Å². The average Bonchev–Trinajstić information content (AvgIpc) is 2.86. The Kier molecular flexibility index (Phi) is 2.93. The molecule has 2 heteroatoms. The van der Waals surface area contributed by atoms with Gasteiger partial charge in [-0.15, -0.1) is 0 Å². The highest BCUT2D eigenvalue weighted by Crippen LogP contribution is 2.23. The number of fused-ring (bicyclic) bond motifs is 1. The van der Waals surface area contributed by atoms with E-state index in [9.17, 15) is 0 Å². The first kappa shape index (κ1) is 11.1. The van der Waals surface area contributed by atoms with Crippen molar-refractivity contribution in [2.75, 3.05) is 5.32 Å². The van der Waals surface area contributed by atoms with E-state index >= 15 is 0 Å². The lowest BCUT2D eigenvalue weighted by atomic mass is 9.96. The van der Waals surface area contributed by atoms with E-state index in [1.807, 2.05) is 6.20 Å². The number of allylic oxidation sites excluding steroid dienone is 1. The molecule has 2 N–H and O–H groups in total. The zero-order valence-corrected chi connectivity index (χ0v) is 10.6. The fourth-order valence-corrected chi connectivity index (χ4v) is 2.44. The Morgan fingerprint density at radius 1 is 1.28 bits per heavy atom. The summed E-state index contributed by atoms with van der Waals surface area (Å²) in [5.74, 6) is 0.479. The minimum absolute atomic E-state index is 0.442. The highest BCUT2D eigenvalue weighted by Gasteiger charge is 2.21. The van der Waals surface area contributed by atoms with Crippen LogP contribution in [0.1, 0.15) is 12.5 Å². The van der Waals surface area contributed by atoms with Gasteiger partial charge in [0.1, 0.15) is 0 Å². The minimum Gasteiger partial charge on any atom is -0.384 e. The molecule has 2 aliphatic rings. The summed E-state index contributed by atoms with van der Waals surface area (Å²) in [5.41, 5.74) is 3.71. The maximum absolute atomic E-state index is 3.48. The molecule has 0 aromatic heterocycles. The number of hydrogen-bond acceptors (Lipinski definition) is 2. The van der Waals surface area contributed by atoms with Gasteiger partial charge in [-0.2, -0.15) is 0 Å². The number of aryl methyl sites for hydroxylation is 1. The van der Waals surface area contributed by atoms with Crippen molar-refractivity contribution >= 4 is 5.69 Å². The van der Waals surface area contributed by atoms with Gasteiger partial charge in [0.15, 0.2) is 0 Å². The van der Waals surface area contributed by atoms with Crippen molar-refractivity contribution in [2.24, 2.45) is 5.92 Å². The molecule has 1 aliphatic heterocycles. The summed E-state index contributed by atoms with van der Waals surface area (Å²) < 4.78 is 0. The Morgan fingerprint density at radius 3 is 3.11 bits per heavy atom. The van der Waals surface area contributed by atoms with E-state index in [1.165, 1.54) is 16.9 Å². The van der Waals surface area contributed by atoms with E-state index in [-0.39, 0.29) is 0 Å². The van der Waals surface area contributed by atoms with Crippen LogP contribution in [-0.2, 0) is 6.42 Å². The molecule has 18 heavy (non-hydrogen) atoms. The van der Waals surface area contributed by atoms with E-state index in [0.717, 1.165) is 6.42 Å². The fourth-order valence-electron chi connectivity index (χ4n) is 2.44. The minimum atomic E-state index is 0.442. The van der Waals surface area contributed by atoms with Crippen LogP contribution in [0.3, 0.4) is 0 Å². The molecule has 1 aromatic rings. The van der Waals surface area contributed by atoms with Gasteiger partial charge in [-0.25, -0.2) is 0 Å². The molecule has 92 valence electrons. The Hall–Kier alpha value is -1.96. The van der Waals surface area contributed by atoms with Crippen LogP contribution < -0.4 is 10.6 Å². The van der Waals surface area contributed by atoms with Gasteiger partial charge in [-0.1, -0.05) is 37.3 Å². The molecule has 2 unspecified atom stereocenters. The molecule has 3 rings (SSSR count). The van der Waals surface area contributed by atoms with Crippen molar-refractivity contribution in [1.29, 1.82) is 0 Å². The van der Waals surface area contributed by atoms with Crippen LogP contribution in [0.25, 0.3) is 0 Å². The van der Waals surface area contributed by atoms with E-state index in [1.54, 1.807) is 0 Å². The number of nitrogens with one attached hydrogen (secondary N) is 2. The van der Waals surface area contributed by atoms with Gasteiger partial charge in [0.2, 0.25) is 0 Å². The van der Waals surface area contributed by atoms with Gasteiger partial charge in [0, 0.05) is 17.3 Å². The van der Waals surface area contributed by atoms with Gasteiger partial charge >= 0.3 is 0 Å². The monoisotopic (exact) mass is 238 g/mol. The summed E-state index contributed by atoms with van der Waals surface area (Å²) in [5, 5.41) is 6.80. The van der Waals surface area contributed by atoms with Crippen LogP contribution in [0, 0.1) is 5.92 Å². The van der Waals surface area contributed by atoms with E-state index < -0.39 is 0 Å². The Labute approximate surface area is 108 Å². The zero-order valence-electron chi connectivity index (χ0n) is 10.6. The molecule has 0 saturated heterocycles. The van der Waals surface area contributed by atoms with Gasteiger partial charge in [-0.05, 0) is 36.4 Å². The lowest BCUT2D eigenvalue weighted by molar-refractivity contribution is 0.645. The SMILES string of the molecule is CCc1cccc(NC2=CC3C=CNC3C=C2)c1. The molecule has 0 fully saturated rings. The first-order chi connectivity index (χ1) is 8.85. The third-order valence-electron chi connectivity index (χ3n) is 3.50. The second-order valence-electron chi connectivity index (χ2n) is 4.79. The van der Waals surface area contributed by atoms with E-state index in [2.05, 4.69) is 66.1 Å². The van der Waals surface area contributed by atoms with E-state index in [4.69, 9.17) is 0 Å². The predicted octanol–water partition coefficient (Wildman–Crippen LogP) is 3.22. The lowest BCUT2D eigenvalue weighted by Crippen LogP contribution is -2.25. The average molecular weight is 238 g/mol. The van der Waals surface area contributed by atoms with Crippen LogP contribution in [0.4, 0.5) is 5.69 Å². The third kappa shape index (κ3) is 2.19. The first-order valence-corrected chi connectivity index (χ1v) is 6.54. The molecule has 0 amide bonds. The normalized spacial score (nSPS) is 24.4. The van der Waals surface area contributed by atoms with Gasteiger partial charge < -0.3 is 10.6 Å². The van der Waals surface area contributed by atoms with Crippen molar-refractivity contribution in [3.8, 4) is 0 Å². The molecule has 0 spiro atoms. The van der Waals surface area contributed by atoms with Crippen molar-refractivity contribution in [3.05, 3.63) is 66.0 Å². The maximum Gasteiger partial charge on any atom is 0.0541 e. The predicted molar refractivity (Wildman–Crippen MR) is 76.2 cm³/mol. The number of rotatable bonds is 3. The molecule has 0 bridgehead atoms. The number of hydrogen-bond donors (Lipinski definition) is 2. The number of anilines is 1.